The maximum Gasteiger partial charge on any atom is 0.326 e. The molecule has 0 aliphatic rings. The van der Waals surface area contributed by atoms with E-state index in [1.807, 2.05) is 0 Å². The SMILES string of the molecule is COCCOCC(=O)N[C@@H](Cc1cccc(Cl)c1)C(=O)O. The number of halogens is 1. The summed E-state index contributed by atoms with van der Waals surface area (Å²) in [5, 5.41) is 12.1. The van der Waals surface area contributed by atoms with Crippen molar-refractivity contribution in [3.63, 3.8) is 0 Å². The van der Waals surface area contributed by atoms with Crippen LogP contribution in [0.1, 0.15) is 5.56 Å². The van der Waals surface area contributed by atoms with Gasteiger partial charge in [0.1, 0.15) is 12.6 Å². The number of aliphatic carboxylic acids is 1. The van der Waals surface area contributed by atoms with Crippen LogP contribution in [0.2, 0.25) is 5.02 Å². The first-order valence-corrected chi connectivity index (χ1v) is 6.74. The van der Waals surface area contributed by atoms with Crippen LogP contribution in [-0.4, -0.2) is 50.0 Å². The molecule has 0 saturated heterocycles. The van der Waals surface area contributed by atoms with Crippen molar-refractivity contribution in [2.75, 3.05) is 26.9 Å². The molecule has 0 unspecified atom stereocenters. The highest BCUT2D eigenvalue weighted by molar-refractivity contribution is 6.30. The second-order valence-electron chi connectivity index (χ2n) is 4.34. The number of ether oxygens (including phenoxy) is 2. The molecule has 1 rings (SSSR count). The second-order valence-corrected chi connectivity index (χ2v) is 4.77. The van der Waals surface area contributed by atoms with E-state index in [1.165, 1.54) is 7.11 Å². The number of carboxylic acid groups (broad SMARTS) is 1. The molecule has 0 fully saturated rings. The summed E-state index contributed by atoms with van der Waals surface area (Å²) in [6.45, 7) is 0.441. The van der Waals surface area contributed by atoms with Gasteiger partial charge >= 0.3 is 5.97 Å². The molecule has 1 atom stereocenters. The van der Waals surface area contributed by atoms with E-state index in [2.05, 4.69) is 5.32 Å². The number of nitrogens with one attached hydrogen (secondary N) is 1. The van der Waals surface area contributed by atoms with Crippen LogP contribution in [0.25, 0.3) is 0 Å². The third-order valence-corrected chi connectivity index (χ3v) is 2.86. The Balaban J connectivity index is 2.50. The lowest BCUT2D eigenvalue weighted by Crippen LogP contribution is -2.44. The lowest BCUT2D eigenvalue weighted by molar-refractivity contribution is -0.142. The van der Waals surface area contributed by atoms with Gasteiger partial charge in [0.2, 0.25) is 5.91 Å². The normalized spacial score (nSPS) is 11.9. The molecule has 0 aliphatic heterocycles. The van der Waals surface area contributed by atoms with Crippen LogP contribution >= 0.6 is 11.6 Å². The molecule has 0 heterocycles. The quantitative estimate of drug-likeness (QED) is 0.667. The zero-order valence-corrected chi connectivity index (χ0v) is 12.4. The van der Waals surface area contributed by atoms with Gasteiger partial charge in [0.25, 0.3) is 0 Å². The largest absolute Gasteiger partial charge is 0.480 e. The van der Waals surface area contributed by atoms with Gasteiger partial charge in [0.15, 0.2) is 0 Å². The average molecular weight is 316 g/mol. The monoisotopic (exact) mass is 315 g/mol. The molecule has 2 N–H and O–H groups in total. The van der Waals surface area contributed by atoms with Crippen LogP contribution in [-0.2, 0) is 25.5 Å². The number of benzene rings is 1. The minimum atomic E-state index is -1.11. The summed E-state index contributed by atoms with van der Waals surface area (Å²) in [6, 6.07) is 5.82. The fourth-order valence-electron chi connectivity index (χ4n) is 1.64. The summed E-state index contributed by atoms with van der Waals surface area (Å²) in [5.74, 6) is -1.60. The Labute approximate surface area is 128 Å². The van der Waals surface area contributed by atoms with Gasteiger partial charge in [-0.05, 0) is 17.7 Å². The molecule has 1 aromatic rings. The molecule has 1 amide bonds. The van der Waals surface area contributed by atoms with E-state index in [0.29, 0.717) is 11.6 Å². The summed E-state index contributed by atoms with van der Waals surface area (Å²) in [4.78, 5) is 22.8. The molecule has 0 bridgehead atoms. The van der Waals surface area contributed by atoms with Gasteiger partial charge in [-0.3, -0.25) is 4.79 Å². The van der Waals surface area contributed by atoms with Gasteiger partial charge < -0.3 is 19.9 Å². The maximum absolute atomic E-state index is 11.6. The number of hydrogen-bond donors (Lipinski definition) is 2. The molecule has 0 radical (unpaired) electrons. The summed E-state index contributed by atoms with van der Waals surface area (Å²) in [5.41, 5.74) is 0.732. The Morgan fingerprint density at radius 3 is 2.76 bits per heavy atom. The summed E-state index contributed by atoms with van der Waals surface area (Å²) < 4.78 is 9.80. The molecule has 0 saturated carbocycles. The zero-order chi connectivity index (χ0) is 15.7. The summed E-state index contributed by atoms with van der Waals surface area (Å²) >= 11 is 5.85. The molecule has 21 heavy (non-hydrogen) atoms. The predicted molar refractivity (Wildman–Crippen MR) is 77.4 cm³/mol. The zero-order valence-electron chi connectivity index (χ0n) is 11.7. The standard InChI is InChI=1S/C14H18ClNO5/c1-20-5-6-21-9-13(17)16-12(14(18)19)8-10-3-2-4-11(15)7-10/h2-4,7,12H,5-6,8-9H2,1H3,(H,16,17)(H,18,19)/t12-/m0/s1. The van der Waals surface area contributed by atoms with Crippen molar-refractivity contribution >= 4 is 23.5 Å². The fourth-order valence-corrected chi connectivity index (χ4v) is 1.86. The third-order valence-electron chi connectivity index (χ3n) is 2.63. The van der Waals surface area contributed by atoms with E-state index < -0.39 is 17.9 Å². The summed E-state index contributed by atoms with van der Waals surface area (Å²) in [6.07, 6.45) is 0.152. The molecule has 1 aromatic carbocycles. The number of rotatable bonds is 9. The van der Waals surface area contributed by atoms with Gasteiger partial charge in [0.05, 0.1) is 13.2 Å². The van der Waals surface area contributed by atoms with E-state index in [-0.39, 0.29) is 19.6 Å². The minimum absolute atomic E-state index is 0.152. The molecule has 6 nitrogen and oxygen atoms in total. The van der Waals surface area contributed by atoms with Crippen LogP contribution in [0.15, 0.2) is 24.3 Å². The first kappa shape index (κ1) is 17.4. The maximum atomic E-state index is 11.6. The smallest absolute Gasteiger partial charge is 0.326 e. The summed E-state index contributed by atoms with van der Waals surface area (Å²) in [7, 11) is 1.52. The van der Waals surface area contributed by atoms with Crippen LogP contribution in [0.3, 0.4) is 0 Å². The second kappa shape index (κ2) is 9.33. The molecule has 0 spiro atoms. The van der Waals surface area contributed by atoms with Crippen molar-refractivity contribution in [2.24, 2.45) is 0 Å². The molecular weight excluding hydrogens is 298 g/mol. The van der Waals surface area contributed by atoms with E-state index in [1.54, 1.807) is 24.3 Å². The number of methoxy groups -OCH3 is 1. The van der Waals surface area contributed by atoms with Gasteiger partial charge in [-0.25, -0.2) is 4.79 Å². The van der Waals surface area contributed by atoms with Crippen molar-refractivity contribution in [2.45, 2.75) is 12.5 Å². The van der Waals surface area contributed by atoms with Crippen LogP contribution in [0.4, 0.5) is 0 Å². The Kier molecular flexibility index (Phi) is 7.74. The van der Waals surface area contributed by atoms with Gasteiger partial charge in [-0.15, -0.1) is 0 Å². The van der Waals surface area contributed by atoms with Crippen LogP contribution < -0.4 is 5.32 Å². The van der Waals surface area contributed by atoms with Crippen molar-refractivity contribution in [1.29, 1.82) is 0 Å². The molecular formula is C14H18ClNO5. The Morgan fingerprint density at radius 1 is 1.38 bits per heavy atom. The first-order chi connectivity index (χ1) is 10.0. The van der Waals surface area contributed by atoms with Gasteiger partial charge in [0, 0.05) is 18.6 Å². The first-order valence-electron chi connectivity index (χ1n) is 6.36. The van der Waals surface area contributed by atoms with Gasteiger partial charge in [-0.1, -0.05) is 23.7 Å². The van der Waals surface area contributed by atoms with Crippen LogP contribution in [0, 0.1) is 0 Å². The molecule has 116 valence electrons. The average Bonchev–Trinajstić information content (AvgIpc) is 2.43. The highest BCUT2D eigenvalue weighted by Gasteiger charge is 2.20. The van der Waals surface area contributed by atoms with E-state index in [4.69, 9.17) is 26.2 Å². The van der Waals surface area contributed by atoms with Crippen molar-refractivity contribution < 1.29 is 24.2 Å². The predicted octanol–water partition coefficient (Wildman–Crippen LogP) is 1.11. The highest BCUT2D eigenvalue weighted by atomic mass is 35.5. The lowest BCUT2D eigenvalue weighted by atomic mass is 10.1. The molecule has 0 aliphatic carbocycles. The van der Waals surface area contributed by atoms with E-state index >= 15 is 0 Å². The van der Waals surface area contributed by atoms with Crippen molar-refractivity contribution in [1.82, 2.24) is 5.32 Å². The van der Waals surface area contributed by atoms with Crippen molar-refractivity contribution in [3.05, 3.63) is 34.9 Å². The minimum Gasteiger partial charge on any atom is -0.480 e. The Morgan fingerprint density at radius 2 is 2.14 bits per heavy atom. The fraction of sp³-hybridized carbons (Fsp3) is 0.429. The molecule has 0 aromatic heterocycles. The number of carbonyl (C=O) groups excluding carboxylic acids is 1. The highest BCUT2D eigenvalue weighted by Crippen LogP contribution is 2.12. The number of carboxylic acids is 1. The Bertz CT molecular complexity index is 480. The third kappa shape index (κ3) is 7.08. The van der Waals surface area contributed by atoms with E-state index in [9.17, 15) is 9.59 Å². The van der Waals surface area contributed by atoms with E-state index in [0.717, 1.165) is 5.56 Å². The number of carbonyl (C=O) groups is 2. The van der Waals surface area contributed by atoms with Crippen LogP contribution in [0.5, 0.6) is 0 Å². The number of amides is 1. The lowest BCUT2D eigenvalue weighted by Gasteiger charge is -2.15. The number of hydrogen-bond acceptors (Lipinski definition) is 4. The topological polar surface area (TPSA) is 84.9 Å². The Hall–Kier alpha value is -1.63. The van der Waals surface area contributed by atoms with Crippen molar-refractivity contribution in [3.8, 4) is 0 Å². The molecule has 7 heteroatoms. The van der Waals surface area contributed by atoms with Gasteiger partial charge in [-0.2, -0.15) is 0 Å².